The van der Waals surface area contributed by atoms with Crippen LogP contribution in [0.15, 0.2) is 53.8 Å². The van der Waals surface area contributed by atoms with E-state index in [0.717, 1.165) is 28.8 Å². The topological polar surface area (TPSA) is 86.7 Å². The van der Waals surface area contributed by atoms with Gasteiger partial charge in [-0.2, -0.15) is 0 Å². The lowest BCUT2D eigenvalue weighted by atomic mass is 10.2. The van der Waals surface area contributed by atoms with Gasteiger partial charge in [0.25, 0.3) is 5.69 Å². The lowest BCUT2D eigenvalue weighted by molar-refractivity contribution is -0.384. The second-order valence-corrected chi connectivity index (χ2v) is 5.92. The van der Waals surface area contributed by atoms with Gasteiger partial charge in [-0.1, -0.05) is 30.0 Å². The molecule has 0 aliphatic rings. The Balaban J connectivity index is 1.80. The van der Waals surface area contributed by atoms with E-state index in [1.54, 1.807) is 18.3 Å². The fourth-order valence-electron chi connectivity index (χ4n) is 2.27. The summed E-state index contributed by atoms with van der Waals surface area (Å²) >= 11 is 1.50. The highest BCUT2D eigenvalue weighted by atomic mass is 32.2. The van der Waals surface area contributed by atoms with Crippen LogP contribution >= 0.6 is 11.8 Å². The van der Waals surface area contributed by atoms with Gasteiger partial charge in [-0.3, -0.25) is 15.1 Å². The third-order valence-corrected chi connectivity index (χ3v) is 4.45. The van der Waals surface area contributed by atoms with Crippen LogP contribution in [0.4, 0.5) is 5.69 Å². The molecule has 0 unspecified atom stereocenters. The monoisotopic (exact) mass is 341 g/mol. The molecule has 0 radical (unpaired) electrons. The number of aromatic nitrogens is 4. The van der Waals surface area contributed by atoms with Crippen molar-refractivity contribution in [1.29, 1.82) is 0 Å². The highest BCUT2D eigenvalue weighted by molar-refractivity contribution is 7.98. The first-order valence-corrected chi connectivity index (χ1v) is 8.38. The minimum absolute atomic E-state index is 0.0965. The summed E-state index contributed by atoms with van der Waals surface area (Å²) in [5, 5.41) is 20.1. The first-order chi connectivity index (χ1) is 11.7. The minimum Gasteiger partial charge on any atom is -0.301 e. The van der Waals surface area contributed by atoms with Crippen LogP contribution in [-0.2, 0) is 12.3 Å². The number of pyridine rings is 1. The van der Waals surface area contributed by atoms with Gasteiger partial charge in [-0.25, -0.2) is 0 Å². The Bertz CT molecular complexity index is 851. The Morgan fingerprint density at radius 1 is 1.21 bits per heavy atom. The van der Waals surface area contributed by atoms with Crippen molar-refractivity contribution in [3.8, 4) is 11.5 Å². The van der Waals surface area contributed by atoms with Gasteiger partial charge in [0.1, 0.15) is 5.69 Å². The Morgan fingerprint density at radius 2 is 2.08 bits per heavy atom. The van der Waals surface area contributed by atoms with Gasteiger partial charge in [0, 0.05) is 30.6 Å². The van der Waals surface area contributed by atoms with Gasteiger partial charge in [0.05, 0.1) is 4.92 Å². The summed E-state index contributed by atoms with van der Waals surface area (Å²) in [6.45, 7) is 2.74. The molecular weight excluding hydrogens is 326 g/mol. The van der Waals surface area contributed by atoms with E-state index < -0.39 is 0 Å². The van der Waals surface area contributed by atoms with Crippen molar-refractivity contribution in [2.45, 2.75) is 24.4 Å². The van der Waals surface area contributed by atoms with Crippen molar-refractivity contribution in [3.63, 3.8) is 0 Å². The van der Waals surface area contributed by atoms with Gasteiger partial charge >= 0.3 is 0 Å². The van der Waals surface area contributed by atoms with Crippen molar-refractivity contribution in [2.24, 2.45) is 0 Å². The third kappa shape index (κ3) is 3.43. The predicted octanol–water partition coefficient (Wildman–Crippen LogP) is 3.56. The summed E-state index contributed by atoms with van der Waals surface area (Å²) in [5.74, 6) is 1.31. The number of nitro benzene ring substituents is 1. The molecule has 0 saturated carbocycles. The second kappa shape index (κ2) is 7.22. The van der Waals surface area contributed by atoms with Gasteiger partial charge in [0.2, 0.25) is 0 Å². The van der Waals surface area contributed by atoms with Gasteiger partial charge in [-0.15, -0.1) is 10.2 Å². The lowest BCUT2D eigenvalue weighted by Crippen LogP contribution is -2.00. The quantitative estimate of drug-likeness (QED) is 0.387. The van der Waals surface area contributed by atoms with Crippen LogP contribution in [0.3, 0.4) is 0 Å². The van der Waals surface area contributed by atoms with Crippen molar-refractivity contribution < 1.29 is 4.92 Å². The Kier molecular flexibility index (Phi) is 4.85. The zero-order valence-electron chi connectivity index (χ0n) is 13.0. The maximum absolute atomic E-state index is 10.9. The Morgan fingerprint density at radius 3 is 2.79 bits per heavy atom. The molecule has 1 aromatic carbocycles. The summed E-state index contributed by atoms with van der Waals surface area (Å²) in [6.07, 6.45) is 1.72. The molecule has 0 spiro atoms. The molecule has 2 heterocycles. The normalized spacial score (nSPS) is 10.7. The molecular formula is C16H15N5O2S. The average Bonchev–Trinajstić information content (AvgIpc) is 3.04. The second-order valence-electron chi connectivity index (χ2n) is 4.98. The maximum Gasteiger partial charge on any atom is 0.269 e. The number of benzene rings is 1. The van der Waals surface area contributed by atoms with Gasteiger partial charge < -0.3 is 4.57 Å². The number of hydrogen-bond acceptors (Lipinski definition) is 6. The molecule has 0 bridgehead atoms. The van der Waals surface area contributed by atoms with Crippen LogP contribution < -0.4 is 0 Å². The number of nitro groups is 1. The van der Waals surface area contributed by atoms with Crippen LogP contribution in [0.25, 0.3) is 11.5 Å². The van der Waals surface area contributed by atoms with Crippen LogP contribution in [0.5, 0.6) is 0 Å². The fraction of sp³-hybridized carbons (Fsp3) is 0.188. The first-order valence-electron chi connectivity index (χ1n) is 7.39. The van der Waals surface area contributed by atoms with Crippen molar-refractivity contribution in [2.75, 3.05) is 0 Å². The minimum atomic E-state index is -0.387. The lowest BCUT2D eigenvalue weighted by Gasteiger charge is -2.06. The molecule has 7 nitrogen and oxygen atoms in total. The van der Waals surface area contributed by atoms with Crippen molar-refractivity contribution >= 4 is 17.4 Å². The fourth-order valence-corrected chi connectivity index (χ4v) is 3.22. The molecule has 0 aliphatic heterocycles. The Hall–Kier alpha value is -2.74. The molecule has 24 heavy (non-hydrogen) atoms. The molecule has 3 rings (SSSR count). The molecule has 0 fully saturated rings. The zero-order chi connectivity index (χ0) is 16.9. The number of rotatable bonds is 6. The number of nitrogens with zero attached hydrogens (tertiary/aromatic N) is 5. The van der Waals surface area contributed by atoms with Crippen LogP contribution in [-0.4, -0.2) is 24.7 Å². The molecule has 3 aromatic rings. The van der Waals surface area contributed by atoms with Crippen LogP contribution in [0.1, 0.15) is 12.5 Å². The van der Waals surface area contributed by atoms with E-state index in [1.165, 1.54) is 17.8 Å². The Labute approximate surface area is 142 Å². The molecule has 0 N–H and O–H groups in total. The highest BCUT2D eigenvalue weighted by Gasteiger charge is 2.14. The summed E-state index contributed by atoms with van der Waals surface area (Å²) in [4.78, 5) is 14.8. The third-order valence-electron chi connectivity index (χ3n) is 3.42. The van der Waals surface area contributed by atoms with E-state index in [-0.39, 0.29) is 10.6 Å². The first kappa shape index (κ1) is 16.1. The molecule has 122 valence electrons. The van der Waals surface area contributed by atoms with Gasteiger partial charge in [-0.05, 0) is 24.6 Å². The zero-order valence-corrected chi connectivity index (χ0v) is 13.8. The van der Waals surface area contributed by atoms with Crippen molar-refractivity contribution in [1.82, 2.24) is 19.7 Å². The van der Waals surface area contributed by atoms with E-state index in [4.69, 9.17) is 0 Å². The van der Waals surface area contributed by atoms with Crippen LogP contribution in [0, 0.1) is 10.1 Å². The molecule has 0 atom stereocenters. The number of thioether (sulfide) groups is 1. The van der Waals surface area contributed by atoms with E-state index >= 15 is 0 Å². The summed E-state index contributed by atoms with van der Waals surface area (Å²) in [5.41, 5.74) is 1.74. The largest absolute Gasteiger partial charge is 0.301 e. The molecule has 8 heteroatoms. The summed E-state index contributed by atoms with van der Waals surface area (Å²) < 4.78 is 1.99. The van der Waals surface area contributed by atoms with E-state index in [9.17, 15) is 10.1 Å². The van der Waals surface area contributed by atoms with Crippen LogP contribution in [0.2, 0.25) is 0 Å². The highest BCUT2D eigenvalue weighted by Crippen LogP contribution is 2.26. The SMILES string of the molecule is CCn1c(SCc2cccc([N+](=O)[O-])c2)nnc1-c1ccccn1. The maximum atomic E-state index is 10.9. The standard InChI is InChI=1S/C16H15N5O2S/c1-2-20-15(14-8-3-4-9-17-14)18-19-16(20)24-11-12-6-5-7-13(10-12)21(22)23/h3-10H,2,11H2,1H3. The summed E-state index contributed by atoms with van der Waals surface area (Å²) in [7, 11) is 0. The van der Waals surface area contributed by atoms with E-state index in [0.29, 0.717) is 5.75 Å². The summed E-state index contributed by atoms with van der Waals surface area (Å²) in [6, 6.07) is 12.3. The van der Waals surface area contributed by atoms with Gasteiger partial charge in [0.15, 0.2) is 11.0 Å². The molecule has 0 amide bonds. The molecule has 0 aliphatic carbocycles. The average molecular weight is 341 g/mol. The smallest absolute Gasteiger partial charge is 0.269 e. The number of hydrogen-bond donors (Lipinski definition) is 0. The molecule has 2 aromatic heterocycles. The number of non-ortho nitro benzene ring substituents is 1. The van der Waals surface area contributed by atoms with E-state index in [2.05, 4.69) is 15.2 Å². The predicted molar refractivity (Wildman–Crippen MR) is 91.6 cm³/mol. The van der Waals surface area contributed by atoms with Crippen molar-refractivity contribution in [3.05, 3.63) is 64.3 Å². The van der Waals surface area contributed by atoms with E-state index in [1.807, 2.05) is 35.8 Å². The molecule has 0 saturated heterocycles.